The molecule has 0 aliphatic carbocycles. The highest BCUT2D eigenvalue weighted by atomic mass is 32.1. The molecule has 4 rings (SSSR count). The number of aromatic nitrogens is 1. The van der Waals surface area contributed by atoms with Gasteiger partial charge >= 0.3 is 0 Å². The van der Waals surface area contributed by atoms with Crippen LogP contribution in [0.1, 0.15) is 0 Å². The summed E-state index contributed by atoms with van der Waals surface area (Å²) in [5.74, 6) is -0.213. The standard InChI is InChI=1S/C15H8FNS/c16-10-5-6-13-11(8-10)12-7-9-3-1-2-4-14(9)18-15(12)17-13/h1-8H. The molecule has 2 aromatic carbocycles. The first kappa shape index (κ1) is 9.97. The van der Waals surface area contributed by atoms with Gasteiger partial charge in [0.2, 0.25) is 0 Å². The lowest BCUT2D eigenvalue weighted by Gasteiger charge is -2.01. The van der Waals surface area contributed by atoms with E-state index in [1.165, 1.54) is 16.2 Å². The monoisotopic (exact) mass is 253 g/mol. The Balaban J connectivity index is 2.21. The van der Waals surface area contributed by atoms with E-state index in [2.05, 4.69) is 23.2 Å². The minimum absolute atomic E-state index is 0.213. The van der Waals surface area contributed by atoms with E-state index in [9.17, 15) is 4.39 Å². The lowest BCUT2D eigenvalue weighted by atomic mass is 10.1. The Morgan fingerprint density at radius 2 is 1.89 bits per heavy atom. The van der Waals surface area contributed by atoms with Crippen molar-refractivity contribution >= 4 is 32.3 Å². The van der Waals surface area contributed by atoms with Gasteiger partial charge in [0.1, 0.15) is 10.8 Å². The molecule has 0 N–H and O–H groups in total. The fourth-order valence-electron chi connectivity index (χ4n) is 2.28. The molecule has 18 heavy (non-hydrogen) atoms. The van der Waals surface area contributed by atoms with Crippen LogP contribution in [-0.4, -0.2) is 4.98 Å². The van der Waals surface area contributed by atoms with E-state index in [-0.39, 0.29) is 5.82 Å². The normalized spacial score (nSPS) is 11.6. The Morgan fingerprint density at radius 1 is 1.00 bits per heavy atom. The Bertz CT molecular complexity index is 850. The number of rotatable bonds is 0. The molecule has 0 atom stereocenters. The Kier molecular flexibility index (Phi) is 1.94. The van der Waals surface area contributed by atoms with Crippen LogP contribution < -0.4 is 0 Å². The highest BCUT2D eigenvalue weighted by Crippen LogP contribution is 2.38. The van der Waals surface area contributed by atoms with Crippen LogP contribution in [0, 0.1) is 5.82 Å². The average Bonchev–Trinajstić information content (AvgIpc) is 2.73. The van der Waals surface area contributed by atoms with Crippen LogP contribution in [0.15, 0.2) is 48.5 Å². The van der Waals surface area contributed by atoms with Gasteiger partial charge in [0, 0.05) is 15.6 Å². The summed E-state index contributed by atoms with van der Waals surface area (Å²) in [6, 6.07) is 15.0. The van der Waals surface area contributed by atoms with Gasteiger partial charge in [-0.05, 0) is 35.7 Å². The van der Waals surface area contributed by atoms with Gasteiger partial charge in [-0.3, -0.25) is 0 Å². The number of benzene rings is 2. The largest absolute Gasteiger partial charge is 0.237 e. The van der Waals surface area contributed by atoms with E-state index in [1.807, 2.05) is 12.1 Å². The Labute approximate surface area is 107 Å². The van der Waals surface area contributed by atoms with Gasteiger partial charge < -0.3 is 0 Å². The van der Waals surface area contributed by atoms with Crippen molar-refractivity contribution in [2.24, 2.45) is 0 Å². The lowest BCUT2D eigenvalue weighted by Crippen LogP contribution is -1.76. The fraction of sp³-hybridized carbons (Fsp3) is 0. The number of nitrogens with zero attached hydrogens (tertiary/aromatic N) is 1. The zero-order chi connectivity index (χ0) is 12.1. The predicted molar refractivity (Wildman–Crippen MR) is 73.7 cm³/mol. The van der Waals surface area contributed by atoms with E-state index in [0.29, 0.717) is 0 Å². The summed E-state index contributed by atoms with van der Waals surface area (Å²) >= 11 is 1.65. The van der Waals surface area contributed by atoms with Gasteiger partial charge in [-0.1, -0.05) is 18.2 Å². The van der Waals surface area contributed by atoms with Gasteiger partial charge in [-0.25, -0.2) is 9.37 Å². The molecular weight excluding hydrogens is 245 g/mol. The predicted octanol–water partition coefficient (Wildman–Crippen LogP) is 4.69. The van der Waals surface area contributed by atoms with Crippen LogP contribution in [0.3, 0.4) is 0 Å². The molecule has 2 aliphatic rings. The third-order valence-electron chi connectivity index (χ3n) is 3.13. The van der Waals surface area contributed by atoms with Crippen molar-refractivity contribution in [1.29, 1.82) is 0 Å². The topological polar surface area (TPSA) is 12.9 Å². The Hall–Kier alpha value is -2.00. The SMILES string of the molecule is Fc1ccc2nc3sc4ccccc4cc-3c2c1. The molecule has 0 fully saturated rings. The summed E-state index contributed by atoms with van der Waals surface area (Å²) in [5, 5.41) is 3.04. The number of hydrogen-bond donors (Lipinski definition) is 0. The molecule has 2 aromatic rings. The quantitative estimate of drug-likeness (QED) is 0.443. The van der Waals surface area contributed by atoms with Crippen molar-refractivity contribution in [1.82, 2.24) is 4.98 Å². The fourth-order valence-corrected chi connectivity index (χ4v) is 3.30. The first-order valence-electron chi connectivity index (χ1n) is 5.69. The maximum absolute atomic E-state index is 13.3. The molecule has 0 bridgehead atoms. The van der Waals surface area contributed by atoms with E-state index in [4.69, 9.17) is 0 Å². The average molecular weight is 253 g/mol. The third kappa shape index (κ3) is 1.34. The zero-order valence-corrected chi connectivity index (χ0v) is 10.2. The van der Waals surface area contributed by atoms with Crippen molar-refractivity contribution in [3.63, 3.8) is 0 Å². The van der Waals surface area contributed by atoms with Crippen LogP contribution in [0.25, 0.3) is 31.6 Å². The molecule has 0 aromatic heterocycles. The minimum atomic E-state index is -0.213. The van der Waals surface area contributed by atoms with Gasteiger partial charge in [-0.15, -0.1) is 11.3 Å². The van der Waals surface area contributed by atoms with Gasteiger partial charge in [0.05, 0.1) is 5.52 Å². The van der Waals surface area contributed by atoms with Crippen molar-refractivity contribution < 1.29 is 4.39 Å². The second-order valence-corrected chi connectivity index (χ2v) is 5.31. The van der Waals surface area contributed by atoms with Crippen LogP contribution in [-0.2, 0) is 0 Å². The van der Waals surface area contributed by atoms with Crippen LogP contribution in [0.5, 0.6) is 0 Å². The molecular formula is C15H8FNS. The molecule has 1 nitrogen and oxygen atoms in total. The molecule has 2 heterocycles. The molecule has 0 saturated heterocycles. The van der Waals surface area contributed by atoms with E-state index in [1.54, 1.807) is 23.5 Å². The third-order valence-corrected chi connectivity index (χ3v) is 4.22. The van der Waals surface area contributed by atoms with E-state index < -0.39 is 0 Å². The van der Waals surface area contributed by atoms with Crippen LogP contribution >= 0.6 is 11.3 Å². The van der Waals surface area contributed by atoms with Crippen molar-refractivity contribution in [3.8, 4) is 10.6 Å². The summed E-state index contributed by atoms with van der Waals surface area (Å²) < 4.78 is 14.5. The maximum atomic E-state index is 13.3. The van der Waals surface area contributed by atoms with Gasteiger partial charge in [0.15, 0.2) is 0 Å². The molecule has 2 aliphatic heterocycles. The molecule has 0 amide bonds. The van der Waals surface area contributed by atoms with E-state index in [0.717, 1.165) is 21.5 Å². The number of halogens is 1. The smallest absolute Gasteiger partial charge is 0.125 e. The molecule has 86 valence electrons. The first-order chi connectivity index (χ1) is 8.81. The summed E-state index contributed by atoms with van der Waals surface area (Å²) in [6.45, 7) is 0. The second kappa shape index (κ2) is 3.50. The van der Waals surface area contributed by atoms with Gasteiger partial charge in [-0.2, -0.15) is 0 Å². The van der Waals surface area contributed by atoms with Crippen molar-refractivity contribution in [2.75, 3.05) is 0 Å². The molecule has 0 saturated carbocycles. The minimum Gasteiger partial charge on any atom is -0.237 e. The molecule has 0 spiro atoms. The van der Waals surface area contributed by atoms with E-state index >= 15 is 0 Å². The zero-order valence-electron chi connectivity index (χ0n) is 9.35. The molecule has 3 heteroatoms. The number of hydrogen-bond acceptors (Lipinski definition) is 2. The molecule has 0 unspecified atom stereocenters. The summed E-state index contributed by atoms with van der Waals surface area (Å²) in [4.78, 5) is 4.56. The molecule has 0 radical (unpaired) electrons. The Morgan fingerprint density at radius 3 is 2.83 bits per heavy atom. The number of fused-ring (bicyclic) bond motifs is 4. The summed E-state index contributed by atoms with van der Waals surface area (Å²) in [6.07, 6.45) is 0. The van der Waals surface area contributed by atoms with Gasteiger partial charge in [0.25, 0.3) is 0 Å². The van der Waals surface area contributed by atoms with Crippen LogP contribution in [0.2, 0.25) is 0 Å². The van der Waals surface area contributed by atoms with Crippen molar-refractivity contribution in [3.05, 3.63) is 54.3 Å². The highest BCUT2D eigenvalue weighted by Gasteiger charge is 2.14. The highest BCUT2D eigenvalue weighted by molar-refractivity contribution is 7.21. The van der Waals surface area contributed by atoms with Crippen molar-refractivity contribution in [2.45, 2.75) is 0 Å². The van der Waals surface area contributed by atoms with Crippen LogP contribution in [0.4, 0.5) is 4.39 Å². The first-order valence-corrected chi connectivity index (χ1v) is 6.50. The lowest BCUT2D eigenvalue weighted by molar-refractivity contribution is 0.630. The maximum Gasteiger partial charge on any atom is 0.125 e. The summed E-state index contributed by atoms with van der Waals surface area (Å²) in [7, 11) is 0. The summed E-state index contributed by atoms with van der Waals surface area (Å²) in [5.41, 5.74) is 1.89. The second-order valence-electron chi connectivity index (χ2n) is 4.28.